The quantitative estimate of drug-likeness (QED) is 0.593. The van der Waals surface area contributed by atoms with Crippen molar-refractivity contribution >= 4 is 11.9 Å². The van der Waals surface area contributed by atoms with Gasteiger partial charge in [-0.1, -0.05) is 13.8 Å². The lowest BCUT2D eigenvalue weighted by molar-refractivity contribution is -0.131. The molecule has 4 nitrogen and oxygen atoms in total. The van der Waals surface area contributed by atoms with E-state index in [0.29, 0.717) is 5.92 Å². The second-order valence-corrected chi connectivity index (χ2v) is 5.42. The number of esters is 2. The molecular formula is C16H21FO4. The summed E-state index contributed by atoms with van der Waals surface area (Å²) in [4.78, 5) is 22.7. The van der Waals surface area contributed by atoms with E-state index < -0.39 is 17.8 Å². The Bertz CT molecular complexity index is 511. The first-order valence-electron chi connectivity index (χ1n) is 6.98. The smallest absolute Gasteiger partial charge is 0.341 e. The molecule has 0 N–H and O–H groups in total. The first kappa shape index (κ1) is 17.1. The molecule has 116 valence electrons. The van der Waals surface area contributed by atoms with Crippen LogP contribution in [0.4, 0.5) is 4.39 Å². The van der Waals surface area contributed by atoms with Crippen LogP contribution >= 0.6 is 0 Å². The maximum atomic E-state index is 13.8. The van der Waals surface area contributed by atoms with Gasteiger partial charge in [0.2, 0.25) is 0 Å². The highest BCUT2D eigenvalue weighted by atomic mass is 19.1. The zero-order valence-corrected chi connectivity index (χ0v) is 12.8. The van der Waals surface area contributed by atoms with Crippen molar-refractivity contribution in [1.29, 1.82) is 0 Å². The van der Waals surface area contributed by atoms with Gasteiger partial charge in [0.25, 0.3) is 0 Å². The van der Waals surface area contributed by atoms with E-state index in [2.05, 4.69) is 13.8 Å². The maximum Gasteiger partial charge on any atom is 0.341 e. The molecule has 0 bridgehead atoms. The van der Waals surface area contributed by atoms with E-state index in [4.69, 9.17) is 9.47 Å². The molecule has 0 aromatic heterocycles. The molecule has 0 aliphatic heterocycles. The average molecular weight is 296 g/mol. The summed E-state index contributed by atoms with van der Waals surface area (Å²) in [6, 6.07) is 3.61. The molecule has 1 unspecified atom stereocenters. The second-order valence-electron chi connectivity index (χ2n) is 5.42. The van der Waals surface area contributed by atoms with Crippen molar-refractivity contribution in [3.63, 3.8) is 0 Å². The molecule has 1 aromatic carbocycles. The summed E-state index contributed by atoms with van der Waals surface area (Å²) in [6.07, 6.45) is 1.39. The molecule has 0 spiro atoms. The van der Waals surface area contributed by atoms with Crippen LogP contribution in [0.2, 0.25) is 0 Å². The number of benzene rings is 1. The zero-order valence-electron chi connectivity index (χ0n) is 12.8. The van der Waals surface area contributed by atoms with Gasteiger partial charge in [-0.05, 0) is 37.8 Å². The normalized spacial score (nSPS) is 12.1. The predicted molar refractivity (Wildman–Crippen MR) is 76.7 cm³/mol. The van der Waals surface area contributed by atoms with Gasteiger partial charge in [-0.2, -0.15) is 0 Å². The van der Waals surface area contributed by atoms with Gasteiger partial charge >= 0.3 is 11.9 Å². The van der Waals surface area contributed by atoms with Crippen LogP contribution in [0.3, 0.4) is 0 Å². The molecule has 1 atom stereocenters. The number of halogens is 1. The van der Waals surface area contributed by atoms with Crippen LogP contribution in [-0.2, 0) is 9.53 Å². The minimum Gasteiger partial charge on any atom is -0.459 e. The Balaban J connectivity index is 2.68. The average Bonchev–Trinajstić information content (AvgIpc) is 2.35. The third kappa shape index (κ3) is 5.94. The van der Waals surface area contributed by atoms with Crippen molar-refractivity contribution in [3.8, 4) is 5.75 Å². The largest absolute Gasteiger partial charge is 0.459 e. The Labute approximate surface area is 124 Å². The molecule has 0 heterocycles. The molecule has 0 saturated heterocycles. The lowest BCUT2D eigenvalue weighted by atomic mass is 10.1. The monoisotopic (exact) mass is 296 g/mol. The summed E-state index contributed by atoms with van der Waals surface area (Å²) < 4.78 is 23.8. The lowest BCUT2D eigenvalue weighted by Crippen LogP contribution is -2.17. The van der Waals surface area contributed by atoms with Gasteiger partial charge in [0.05, 0.1) is 11.7 Å². The van der Waals surface area contributed by atoms with Crippen LogP contribution in [0.25, 0.3) is 0 Å². The highest BCUT2D eigenvalue weighted by Crippen LogP contribution is 2.19. The fraction of sp³-hybridized carbons (Fsp3) is 0.500. The Morgan fingerprint density at radius 2 is 1.86 bits per heavy atom. The fourth-order valence-electron chi connectivity index (χ4n) is 1.76. The topological polar surface area (TPSA) is 52.6 Å². The standard InChI is InChI=1S/C16H21FO4/c1-10(2)5-6-11(3)20-16(19)14-8-7-13(9-15(14)17)21-12(4)18/h7-11H,5-6H2,1-4H3. The first-order chi connectivity index (χ1) is 9.79. The molecule has 21 heavy (non-hydrogen) atoms. The van der Waals surface area contributed by atoms with Gasteiger partial charge in [-0.25, -0.2) is 9.18 Å². The van der Waals surface area contributed by atoms with Crippen molar-refractivity contribution in [2.45, 2.75) is 46.6 Å². The van der Waals surface area contributed by atoms with E-state index in [0.717, 1.165) is 18.9 Å². The molecule has 0 fully saturated rings. The third-order valence-electron chi connectivity index (χ3n) is 2.88. The van der Waals surface area contributed by atoms with Crippen LogP contribution in [0.5, 0.6) is 5.75 Å². The number of hydrogen-bond donors (Lipinski definition) is 0. The first-order valence-corrected chi connectivity index (χ1v) is 6.98. The summed E-state index contributed by atoms with van der Waals surface area (Å²) in [7, 11) is 0. The van der Waals surface area contributed by atoms with Crippen LogP contribution in [0.1, 0.15) is 50.9 Å². The SMILES string of the molecule is CC(=O)Oc1ccc(C(=O)OC(C)CCC(C)C)c(F)c1. The molecule has 5 heteroatoms. The third-order valence-corrected chi connectivity index (χ3v) is 2.88. The minimum atomic E-state index is -0.769. The Morgan fingerprint density at radius 3 is 2.38 bits per heavy atom. The van der Waals surface area contributed by atoms with Gasteiger partial charge < -0.3 is 9.47 Å². The Hall–Kier alpha value is -1.91. The van der Waals surface area contributed by atoms with E-state index in [1.54, 1.807) is 6.92 Å². The molecule has 1 aromatic rings. The van der Waals surface area contributed by atoms with Crippen molar-refractivity contribution in [2.75, 3.05) is 0 Å². The van der Waals surface area contributed by atoms with Gasteiger partial charge in [0.15, 0.2) is 0 Å². The lowest BCUT2D eigenvalue weighted by Gasteiger charge is -2.14. The molecule has 0 aliphatic carbocycles. The summed E-state index contributed by atoms with van der Waals surface area (Å²) in [5.74, 6) is -1.45. The maximum absolute atomic E-state index is 13.8. The molecular weight excluding hydrogens is 275 g/mol. The van der Waals surface area contributed by atoms with E-state index in [1.165, 1.54) is 19.1 Å². The van der Waals surface area contributed by atoms with E-state index in [9.17, 15) is 14.0 Å². The van der Waals surface area contributed by atoms with Gasteiger partial charge in [0, 0.05) is 13.0 Å². The Kier molecular flexibility index (Phi) is 6.34. The number of carbonyl (C=O) groups excluding carboxylic acids is 2. The molecule has 0 radical (unpaired) electrons. The molecule has 0 aliphatic rings. The van der Waals surface area contributed by atoms with Crippen LogP contribution in [-0.4, -0.2) is 18.0 Å². The zero-order chi connectivity index (χ0) is 16.0. The van der Waals surface area contributed by atoms with Crippen LogP contribution in [0.15, 0.2) is 18.2 Å². The highest BCUT2D eigenvalue weighted by molar-refractivity contribution is 5.90. The molecule has 1 rings (SSSR count). The van der Waals surface area contributed by atoms with E-state index in [1.807, 2.05) is 0 Å². The number of rotatable bonds is 6. The van der Waals surface area contributed by atoms with Crippen molar-refractivity contribution in [2.24, 2.45) is 5.92 Å². The van der Waals surface area contributed by atoms with E-state index >= 15 is 0 Å². The van der Waals surface area contributed by atoms with Crippen molar-refractivity contribution in [1.82, 2.24) is 0 Å². The number of carbonyl (C=O) groups is 2. The molecule has 0 amide bonds. The van der Waals surface area contributed by atoms with Crippen molar-refractivity contribution in [3.05, 3.63) is 29.6 Å². The molecule has 0 saturated carbocycles. The highest BCUT2D eigenvalue weighted by Gasteiger charge is 2.17. The summed E-state index contributed by atoms with van der Waals surface area (Å²) in [6.45, 7) is 7.17. The van der Waals surface area contributed by atoms with Crippen LogP contribution in [0, 0.1) is 11.7 Å². The minimum absolute atomic E-state index is 0.0596. The van der Waals surface area contributed by atoms with Crippen molar-refractivity contribution < 1.29 is 23.5 Å². The summed E-state index contributed by atoms with van der Waals surface area (Å²) in [5.41, 5.74) is -0.165. The Morgan fingerprint density at radius 1 is 1.19 bits per heavy atom. The van der Waals surface area contributed by atoms with Gasteiger partial charge in [0.1, 0.15) is 11.6 Å². The summed E-state index contributed by atoms with van der Waals surface area (Å²) in [5, 5.41) is 0. The number of hydrogen-bond acceptors (Lipinski definition) is 4. The van der Waals surface area contributed by atoms with E-state index in [-0.39, 0.29) is 17.4 Å². The fourth-order valence-corrected chi connectivity index (χ4v) is 1.76. The predicted octanol–water partition coefficient (Wildman–Crippen LogP) is 3.73. The summed E-state index contributed by atoms with van der Waals surface area (Å²) >= 11 is 0. The second kappa shape index (κ2) is 7.76. The van der Waals surface area contributed by atoms with Crippen LogP contribution < -0.4 is 4.74 Å². The van der Waals surface area contributed by atoms with Gasteiger partial charge in [-0.15, -0.1) is 0 Å². The number of ether oxygens (including phenoxy) is 2. The van der Waals surface area contributed by atoms with Gasteiger partial charge in [-0.3, -0.25) is 4.79 Å².